The van der Waals surface area contributed by atoms with Crippen molar-refractivity contribution in [1.29, 1.82) is 0 Å². The second kappa shape index (κ2) is 6.85. The van der Waals surface area contributed by atoms with Gasteiger partial charge in [0.1, 0.15) is 0 Å². The highest BCUT2D eigenvalue weighted by molar-refractivity contribution is 7.13. The minimum absolute atomic E-state index is 0.0770. The highest BCUT2D eigenvalue weighted by Gasteiger charge is 2.20. The number of hydrazone groups is 1. The van der Waals surface area contributed by atoms with Gasteiger partial charge in [-0.05, 0) is 13.0 Å². The molecule has 0 saturated heterocycles. The normalized spacial score (nSPS) is 10.7. The summed E-state index contributed by atoms with van der Waals surface area (Å²) in [5.41, 5.74) is 3.97. The molecule has 22 heavy (non-hydrogen) atoms. The zero-order valence-electron chi connectivity index (χ0n) is 12.2. The molecule has 0 saturated carbocycles. The molecule has 2 aromatic rings. The Morgan fingerprint density at radius 1 is 1.41 bits per heavy atom. The van der Waals surface area contributed by atoms with Crippen LogP contribution in [0.15, 0.2) is 22.6 Å². The highest BCUT2D eigenvalue weighted by Crippen LogP contribution is 2.37. The predicted molar refractivity (Wildman–Crippen MR) is 84.3 cm³/mol. The molecular formula is C13H14N4O4S. The van der Waals surface area contributed by atoms with E-state index in [9.17, 15) is 10.1 Å². The molecule has 1 aromatic carbocycles. The Kier molecular flexibility index (Phi) is 4.89. The van der Waals surface area contributed by atoms with E-state index in [4.69, 9.17) is 9.47 Å². The van der Waals surface area contributed by atoms with Crippen molar-refractivity contribution < 1.29 is 14.4 Å². The summed E-state index contributed by atoms with van der Waals surface area (Å²) in [4.78, 5) is 14.8. The van der Waals surface area contributed by atoms with Crippen molar-refractivity contribution in [2.45, 2.75) is 6.92 Å². The van der Waals surface area contributed by atoms with Gasteiger partial charge in [-0.1, -0.05) is 0 Å². The molecule has 0 aliphatic rings. The van der Waals surface area contributed by atoms with Crippen molar-refractivity contribution in [3.05, 3.63) is 38.9 Å². The third-order valence-electron chi connectivity index (χ3n) is 2.67. The van der Waals surface area contributed by atoms with Crippen LogP contribution in [0.2, 0.25) is 0 Å². The van der Waals surface area contributed by atoms with Crippen LogP contribution >= 0.6 is 11.3 Å². The minimum atomic E-state index is -0.531. The molecule has 9 heteroatoms. The van der Waals surface area contributed by atoms with E-state index < -0.39 is 4.92 Å². The highest BCUT2D eigenvalue weighted by atomic mass is 32.1. The molecular weight excluding hydrogens is 308 g/mol. The number of nitro benzene ring substituents is 1. The number of ether oxygens (including phenoxy) is 2. The van der Waals surface area contributed by atoms with Crippen molar-refractivity contribution >= 4 is 28.4 Å². The maximum Gasteiger partial charge on any atom is 0.315 e. The average Bonchev–Trinajstić information content (AvgIpc) is 2.91. The summed E-state index contributed by atoms with van der Waals surface area (Å²) >= 11 is 1.42. The van der Waals surface area contributed by atoms with Crippen molar-refractivity contribution in [1.82, 2.24) is 4.98 Å². The number of methoxy groups -OCH3 is 2. The molecule has 1 N–H and O–H groups in total. The van der Waals surface area contributed by atoms with Gasteiger partial charge in [0.2, 0.25) is 10.9 Å². The van der Waals surface area contributed by atoms with Gasteiger partial charge >= 0.3 is 5.69 Å². The van der Waals surface area contributed by atoms with Gasteiger partial charge in [-0.3, -0.25) is 15.5 Å². The molecule has 1 heterocycles. The Balaban J connectivity index is 2.27. The molecule has 0 unspecified atom stereocenters. The molecule has 0 aliphatic carbocycles. The van der Waals surface area contributed by atoms with Crippen LogP contribution in [0.25, 0.3) is 0 Å². The Hall–Kier alpha value is -2.68. The molecule has 8 nitrogen and oxygen atoms in total. The second-order valence-electron chi connectivity index (χ2n) is 4.20. The van der Waals surface area contributed by atoms with Crippen LogP contribution in [-0.2, 0) is 0 Å². The number of hydrogen-bond donors (Lipinski definition) is 1. The first-order chi connectivity index (χ1) is 10.5. The summed E-state index contributed by atoms with van der Waals surface area (Å²) in [5, 5.41) is 17.6. The van der Waals surface area contributed by atoms with Crippen LogP contribution in [0.4, 0.5) is 10.8 Å². The van der Waals surface area contributed by atoms with Crippen molar-refractivity contribution in [3.63, 3.8) is 0 Å². The van der Waals surface area contributed by atoms with Gasteiger partial charge in [0, 0.05) is 17.0 Å². The van der Waals surface area contributed by atoms with Crippen LogP contribution in [0.5, 0.6) is 11.5 Å². The number of thiazole rings is 1. The Morgan fingerprint density at radius 2 is 2.18 bits per heavy atom. The maximum atomic E-state index is 11.1. The summed E-state index contributed by atoms with van der Waals surface area (Å²) in [7, 11) is 2.77. The average molecular weight is 322 g/mol. The van der Waals surface area contributed by atoms with E-state index in [1.54, 1.807) is 6.07 Å². The summed E-state index contributed by atoms with van der Waals surface area (Å²) in [6.45, 7) is 1.88. The molecule has 0 spiro atoms. The van der Waals surface area contributed by atoms with Crippen molar-refractivity contribution in [2.75, 3.05) is 19.6 Å². The Labute approximate surface area is 130 Å². The van der Waals surface area contributed by atoms with Crippen LogP contribution < -0.4 is 14.9 Å². The van der Waals surface area contributed by atoms with Gasteiger partial charge in [0.05, 0.1) is 31.1 Å². The van der Waals surface area contributed by atoms with Gasteiger partial charge < -0.3 is 9.47 Å². The second-order valence-corrected chi connectivity index (χ2v) is 5.05. The first-order valence-electron chi connectivity index (χ1n) is 6.16. The number of aromatic nitrogens is 1. The van der Waals surface area contributed by atoms with E-state index in [1.807, 2.05) is 12.3 Å². The lowest BCUT2D eigenvalue weighted by atomic mass is 10.2. The third-order valence-corrected chi connectivity index (χ3v) is 3.54. The number of aryl methyl sites for hydroxylation is 1. The summed E-state index contributed by atoms with van der Waals surface area (Å²) in [6, 6.07) is 2.96. The maximum absolute atomic E-state index is 11.1. The number of benzene rings is 1. The molecule has 0 atom stereocenters. The molecule has 0 aliphatic heterocycles. The zero-order valence-corrected chi connectivity index (χ0v) is 13.0. The van der Waals surface area contributed by atoms with E-state index in [1.165, 1.54) is 37.8 Å². The SMILES string of the molecule is COc1cc(C=NNc2nc(C)cs2)cc([N+](=O)[O-])c1OC. The number of nitrogens with one attached hydrogen (secondary N) is 1. The Bertz CT molecular complexity index is 714. The van der Waals surface area contributed by atoms with E-state index >= 15 is 0 Å². The number of anilines is 1. The monoisotopic (exact) mass is 322 g/mol. The van der Waals surface area contributed by atoms with Gasteiger partial charge in [-0.25, -0.2) is 4.98 Å². The molecule has 0 amide bonds. The Morgan fingerprint density at radius 3 is 2.73 bits per heavy atom. The topological polar surface area (TPSA) is 98.9 Å². The first-order valence-corrected chi connectivity index (χ1v) is 7.04. The van der Waals surface area contributed by atoms with Gasteiger partial charge in [-0.2, -0.15) is 5.10 Å². The lowest BCUT2D eigenvalue weighted by Gasteiger charge is -2.08. The molecule has 1 aromatic heterocycles. The van der Waals surface area contributed by atoms with Crippen LogP contribution in [-0.4, -0.2) is 30.3 Å². The first kappa shape index (κ1) is 15.7. The van der Waals surface area contributed by atoms with E-state index in [0.29, 0.717) is 10.7 Å². The van der Waals surface area contributed by atoms with Crippen LogP contribution in [0.3, 0.4) is 0 Å². The number of nitrogens with zero attached hydrogens (tertiary/aromatic N) is 3. The zero-order chi connectivity index (χ0) is 16.1. The summed E-state index contributed by atoms with van der Waals surface area (Å²) in [6.07, 6.45) is 1.45. The standard InChI is InChI=1S/C13H14N4O4S/c1-8-7-22-13(15-8)16-14-6-9-4-10(17(18)19)12(21-3)11(5-9)20-2/h4-7H,1-3H3,(H,15,16). The van der Waals surface area contributed by atoms with E-state index in [2.05, 4.69) is 15.5 Å². The largest absolute Gasteiger partial charge is 0.493 e. The third kappa shape index (κ3) is 3.50. The van der Waals surface area contributed by atoms with Gasteiger partial charge in [-0.15, -0.1) is 11.3 Å². The lowest BCUT2D eigenvalue weighted by molar-refractivity contribution is -0.385. The molecule has 2 rings (SSSR count). The van der Waals surface area contributed by atoms with Gasteiger partial charge in [0.15, 0.2) is 5.75 Å². The fraction of sp³-hybridized carbons (Fsp3) is 0.231. The van der Waals surface area contributed by atoms with E-state index in [-0.39, 0.29) is 17.2 Å². The van der Waals surface area contributed by atoms with Crippen LogP contribution in [0.1, 0.15) is 11.3 Å². The fourth-order valence-electron chi connectivity index (χ4n) is 1.74. The molecule has 0 radical (unpaired) electrons. The van der Waals surface area contributed by atoms with Crippen LogP contribution in [0, 0.1) is 17.0 Å². The van der Waals surface area contributed by atoms with Crippen molar-refractivity contribution in [2.24, 2.45) is 5.10 Å². The number of nitro groups is 1. The quantitative estimate of drug-likeness (QED) is 0.499. The number of rotatable bonds is 6. The summed E-state index contributed by atoms with van der Waals surface area (Å²) in [5.74, 6) is 0.344. The molecule has 0 fully saturated rings. The number of hydrogen-bond acceptors (Lipinski definition) is 8. The summed E-state index contributed by atoms with van der Waals surface area (Å²) < 4.78 is 10.1. The van der Waals surface area contributed by atoms with Gasteiger partial charge in [0.25, 0.3) is 0 Å². The minimum Gasteiger partial charge on any atom is -0.493 e. The predicted octanol–water partition coefficient (Wildman–Crippen LogP) is 2.82. The molecule has 0 bridgehead atoms. The fourth-order valence-corrected chi connectivity index (χ4v) is 2.38. The molecule has 116 valence electrons. The van der Waals surface area contributed by atoms with Crippen molar-refractivity contribution in [3.8, 4) is 11.5 Å². The lowest BCUT2D eigenvalue weighted by Crippen LogP contribution is -1.99. The van der Waals surface area contributed by atoms with E-state index in [0.717, 1.165) is 5.69 Å². The smallest absolute Gasteiger partial charge is 0.315 e.